The first-order chi connectivity index (χ1) is 12.1. The molecule has 2 amide bonds. The number of urea groups is 1. The molecule has 1 N–H and O–H groups in total. The van der Waals surface area contributed by atoms with E-state index >= 15 is 0 Å². The third-order valence-corrected chi connectivity index (χ3v) is 5.95. The summed E-state index contributed by atoms with van der Waals surface area (Å²) in [6.45, 7) is 1.41. The Labute approximate surface area is 159 Å². The fraction of sp³-hybridized carbons (Fsp3) is 0.167. The Hall–Kier alpha value is -1.95. The van der Waals surface area contributed by atoms with Crippen LogP contribution in [-0.4, -0.2) is 22.0 Å². The van der Waals surface area contributed by atoms with E-state index in [4.69, 9.17) is 23.2 Å². The predicted molar refractivity (Wildman–Crippen MR) is 103 cm³/mol. The van der Waals surface area contributed by atoms with Crippen molar-refractivity contribution in [1.29, 1.82) is 0 Å². The van der Waals surface area contributed by atoms with E-state index in [1.165, 1.54) is 0 Å². The molecule has 0 spiro atoms. The number of nitrogens with one attached hydrogen (secondary N) is 1. The largest absolute Gasteiger partial charge is 0.347 e. The molecule has 3 heterocycles. The number of nitrogens with zero attached hydrogens (tertiary/aromatic N) is 2. The van der Waals surface area contributed by atoms with Crippen molar-refractivity contribution >= 4 is 46.3 Å². The molecule has 0 saturated carbocycles. The van der Waals surface area contributed by atoms with Crippen molar-refractivity contribution in [2.24, 2.45) is 0 Å². The molecule has 0 saturated heterocycles. The maximum absolute atomic E-state index is 12.9. The summed E-state index contributed by atoms with van der Waals surface area (Å²) in [6, 6.07) is 13.0. The minimum Gasteiger partial charge on any atom is -0.347 e. The van der Waals surface area contributed by atoms with Gasteiger partial charge in [0.25, 0.3) is 0 Å². The van der Waals surface area contributed by atoms with E-state index in [-0.39, 0.29) is 12.1 Å². The fourth-order valence-electron chi connectivity index (χ4n) is 3.12. The number of halogens is 2. The average Bonchev–Trinajstić information content (AvgIpc) is 3.28. The van der Waals surface area contributed by atoms with Gasteiger partial charge < -0.3 is 14.8 Å². The molecule has 128 valence electrons. The topological polar surface area (TPSA) is 37.3 Å². The first-order valence-electron chi connectivity index (χ1n) is 7.84. The number of rotatable bonds is 2. The van der Waals surface area contributed by atoms with Gasteiger partial charge in [-0.1, -0.05) is 29.3 Å². The molecule has 0 unspecified atom stereocenters. The van der Waals surface area contributed by atoms with Crippen LogP contribution in [0.2, 0.25) is 10.0 Å². The SMILES string of the molecule is O=C(Nc1ccc(Cl)c(Cl)c1)N1CCn2cccc2[C@H]1c1cccs1. The van der Waals surface area contributed by atoms with Gasteiger partial charge in [0.2, 0.25) is 0 Å². The molecule has 25 heavy (non-hydrogen) atoms. The molecular formula is C18H15Cl2N3OS. The minimum absolute atomic E-state index is 0.0912. The van der Waals surface area contributed by atoms with Crippen LogP contribution in [0.15, 0.2) is 54.0 Å². The van der Waals surface area contributed by atoms with Crippen LogP contribution < -0.4 is 5.32 Å². The van der Waals surface area contributed by atoms with Crippen molar-refractivity contribution < 1.29 is 4.79 Å². The van der Waals surface area contributed by atoms with Crippen molar-refractivity contribution in [3.63, 3.8) is 0 Å². The zero-order chi connectivity index (χ0) is 17.4. The summed E-state index contributed by atoms with van der Waals surface area (Å²) in [5, 5.41) is 5.85. The molecular weight excluding hydrogens is 377 g/mol. The molecule has 0 fully saturated rings. The minimum atomic E-state index is -0.149. The number of benzene rings is 1. The molecule has 1 atom stereocenters. The monoisotopic (exact) mass is 391 g/mol. The Kier molecular flexibility index (Phi) is 4.46. The lowest BCUT2D eigenvalue weighted by molar-refractivity contribution is 0.183. The molecule has 4 nitrogen and oxygen atoms in total. The Morgan fingerprint density at radius 1 is 1.12 bits per heavy atom. The number of amides is 2. The highest BCUT2D eigenvalue weighted by molar-refractivity contribution is 7.10. The van der Waals surface area contributed by atoms with Gasteiger partial charge in [-0.05, 0) is 41.8 Å². The molecule has 0 radical (unpaired) electrons. The quantitative estimate of drug-likeness (QED) is 0.615. The number of thiophene rings is 1. The summed E-state index contributed by atoms with van der Waals surface area (Å²) in [7, 11) is 0. The molecule has 1 aromatic carbocycles. The Morgan fingerprint density at radius 3 is 2.76 bits per heavy atom. The highest BCUT2D eigenvalue weighted by atomic mass is 35.5. The van der Waals surface area contributed by atoms with Gasteiger partial charge in [0.1, 0.15) is 6.04 Å². The predicted octanol–water partition coefficient (Wildman–Crippen LogP) is 5.49. The van der Waals surface area contributed by atoms with E-state index < -0.39 is 0 Å². The average molecular weight is 392 g/mol. The Morgan fingerprint density at radius 2 is 2.00 bits per heavy atom. The summed E-state index contributed by atoms with van der Waals surface area (Å²) in [4.78, 5) is 15.9. The van der Waals surface area contributed by atoms with Crippen LogP contribution in [0.3, 0.4) is 0 Å². The fourth-order valence-corrected chi connectivity index (χ4v) is 4.26. The van der Waals surface area contributed by atoms with Crippen molar-refractivity contribution in [3.05, 3.63) is 74.7 Å². The molecule has 0 bridgehead atoms. The van der Waals surface area contributed by atoms with E-state index in [1.807, 2.05) is 22.4 Å². The van der Waals surface area contributed by atoms with Crippen molar-refractivity contribution in [1.82, 2.24) is 9.47 Å². The molecule has 2 aromatic heterocycles. The van der Waals surface area contributed by atoms with Gasteiger partial charge in [0.05, 0.1) is 10.0 Å². The number of anilines is 1. The van der Waals surface area contributed by atoms with Gasteiger partial charge in [-0.2, -0.15) is 0 Å². The zero-order valence-corrected chi connectivity index (χ0v) is 15.5. The smallest absolute Gasteiger partial charge is 0.322 e. The summed E-state index contributed by atoms with van der Waals surface area (Å²) in [6.07, 6.45) is 2.06. The first-order valence-corrected chi connectivity index (χ1v) is 9.48. The van der Waals surface area contributed by atoms with Crippen LogP contribution in [0, 0.1) is 0 Å². The van der Waals surface area contributed by atoms with E-state index in [0.29, 0.717) is 22.3 Å². The number of hydrogen-bond donors (Lipinski definition) is 1. The van der Waals surface area contributed by atoms with E-state index in [0.717, 1.165) is 17.1 Å². The van der Waals surface area contributed by atoms with Crippen LogP contribution in [0.1, 0.15) is 16.6 Å². The van der Waals surface area contributed by atoms with Crippen molar-refractivity contribution in [2.75, 3.05) is 11.9 Å². The van der Waals surface area contributed by atoms with Crippen LogP contribution in [-0.2, 0) is 6.54 Å². The number of hydrogen-bond acceptors (Lipinski definition) is 2. The third kappa shape index (κ3) is 3.15. The molecule has 0 aliphatic carbocycles. The first kappa shape index (κ1) is 16.5. The molecule has 1 aliphatic heterocycles. The van der Waals surface area contributed by atoms with Gasteiger partial charge >= 0.3 is 6.03 Å². The number of aromatic nitrogens is 1. The summed E-state index contributed by atoms with van der Waals surface area (Å²) >= 11 is 13.6. The summed E-state index contributed by atoms with van der Waals surface area (Å²) in [5.41, 5.74) is 1.75. The highest BCUT2D eigenvalue weighted by Crippen LogP contribution is 2.35. The van der Waals surface area contributed by atoms with Crippen molar-refractivity contribution in [3.8, 4) is 0 Å². The van der Waals surface area contributed by atoms with Crippen LogP contribution in [0.4, 0.5) is 10.5 Å². The molecule has 7 heteroatoms. The van der Waals surface area contributed by atoms with Gasteiger partial charge in [0.15, 0.2) is 0 Å². The third-order valence-electron chi connectivity index (χ3n) is 4.28. The molecule has 1 aliphatic rings. The number of carbonyl (C=O) groups excluding carboxylic acids is 1. The van der Waals surface area contributed by atoms with E-state index in [9.17, 15) is 4.79 Å². The van der Waals surface area contributed by atoms with Crippen molar-refractivity contribution in [2.45, 2.75) is 12.6 Å². The maximum atomic E-state index is 12.9. The lowest BCUT2D eigenvalue weighted by Crippen LogP contribution is -2.44. The lowest BCUT2D eigenvalue weighted by atomic mass is 10.1. The van der Waals surface area contributed by atoms with Gasteiger partial charge in [-0.3, -0.25) is 0 Å². The van der Waals surface area contributed by atoms with E-state index in [2.05, 4.69) is 28.2 Å². The normalized spacial score (nSPS) is 16.6. The summed E-state index contributed by atoms with van der Waals surface area (Å²) < 4.78 is 2.20. The number of carbonyl (C=O) groups is 1. The summed E-state index contributed by atoms with van der Waals surface area (Å²) in [5.74, 6) is 0. The zero-order valence-electron chi connectivity index (χ0n) is 13.2. The number of fused-ring (bicyclic) bond motifs is 1. The molecule has 4 rings (SSSR count). The second-order valence-corrected chi connectivity index (χ2v) is 7.59. The Balaban J connectivity index is 1.64. The second-order valence-electron chi connectivity index (χ2n) is 5.80. The Bertz CT molecular complexity index is 907. The van der Waals surface area contributed by atoms with Crippen LogP contribution in [0.25, 0.3) is 0 Å². The van der Waals surface area contributed by atoms with Gasteiger partial charge in [0, 0.05) is 35.5 Å². The van der Waals surface area contributed by atoms with Gasteiger partial charge in [-0.25, -0.2) is 4.79 Å². The highest BCUT2D eigenvalue weighted by Gasteiger charge is 2.32. The van der Waals surface area contributed by atoms with Crippen LogP contribution in [0.5, 0.6) is 0 Å². The van der Waals surface area contributed by atoms with Gasteiger partial charge in [-0.15, -0.1) is 11.3 Å². The maximum Gasteiger partial charge on any atom is 0.322 e. The molecule has 3 aromatic rings. The second kappa shape index (κ2) is 6.75. The lowest BCUT2D eigenvalue weighted by Gasteiger charge is -2.36. The van der Waals surface area contributed by atoms with E-state index in [1.54, 1.807) is 29.5 Å². The van der Waals surface area contributed by atoms with Crippen LogP contribution >= 0.6 is 34.5 Å². The standard InChI is InChI=1S/C18H15Cl2N3OS/c19-13-6-5-12(11-14(13)20)21-18(24)23-9-8-22-7-1-3-15(22)17(23)16-4-2-10-25-16/h1-7,10-11,17H,8-9H2,(H,21,24)/t17-/m0/s1.